The highest BCUT2D eigenvalue weighted by atomic mass is 16.5. The summed E-state index contributed by atoms with van der Waals surface area (Å²) in [6.07, 6.45) is 8.86. The van der Waals surface area contributed by atoms with Crippen LogP contribution in [0.4, 0.5) is 0 Å². The monoisotopic (exact) mass is 210 g/mol. The maximum absolute atomic E-state index is 10.8. The first-order valence-electron chi connectivity index (χ1n) is 5.44. The molecule has 0 amide bonds. The molecule has 0 aliphatic heterocycles. The lowest BCUT2D eigenvalue weighted by molar-refractivity contribution is -0.134. The molecule has 86 valence electrons. The highest BCUT2D eigenvalue weighted by Crippen LogP contribution is 2.12. The van der Waals surface area contributed by atoms with Crippen molar-refractivity contribution in [1.29, 1.82) is 0 Å². The van der Waals surface area contributed by atoms with Crippen LogP contribution in [-0.2, 0) is 9.53 Å². The fraction of sp³-hybridized carbons (Fsp3) is 0.615. The van der Waals surface area contributed by atoms with Crippen LogP contribution in [0.25, 0.3) is 0 Å². The minimum absolute atomic E-state index is 0.272. The molecule has 0 unspecified atom stereocenters. The second kappa shape index (κ2) is 8.27. The molecule has 0 saturated heterocycles. The molecule has 0 aliphatic carbocycles. The van der Waals surface area contributed by atoms with Crippen LogP contribution in [0.15, 0.2) is 23.8 Å². The first-order valence-corrected chi connectivity index (χ1v) is 5.44. The molecule has 0 N–H and O–H groups in total. The maximum Gasteiger partial charge on any atom is 0.330 e. The largest absolute Gasteiger partial charge is 0.466 e. The van der Waals surface area contributed by atoms with Gasteiger partial charge in [0.25, 0.3) is 0 Å². The van der Waals surface area contributed by atoms with E-state index >= 15 is 0 Å². The molecule has 0 aliphatic rings. The van der Waals surface area contributed by atoms with Crippen LogP contribution >= 0.6 is 0 Å². The minimum Gasteiger partial charge on any atom is -0.466 e. The Labute approximate surface area is 93.0 Å². The van der Waals surface area contributed by atoms with Crippen LogP contribution in [0, 0.1) is 5.92 Å². The van der Waals surface area contributed by atoms with Crippen LogP contribution < -0.4 is 0 Å². The van der Waals surface area contributed by atoms with Gasteiger partial charge in [0.05, 0.1) is 7.11 Å². The second-order valence-corrected chi connectivity index (χ2v) is 4.13. The smallest absolute Gasteiger partial charge is 0.330 e. The fourth-order valence-corrected chi connectivity index (χ4v) is 1.24. The zero-order valence-electron chi connectivity index (χ0n) is 10.2. The summed E-state index contributed by atoms with van der Waals surface area (Å²) in [5.41, 5.74) is 1.37. The number of carbonyl (C=O) groups is 1. The van der Waals surface area contributed by atoms with Crippen LogP contribution in [0.3, 0.4) is 0 Å². The summed E-state index contributed by atoms with van der Waals surface area (Å²) >= 11 is 0. The van der Waals surface area contributed by atoms with E-state index in [9.17, 15) is 4.79 Å². The van der Waals surface area contributed by atoms with Gasteiger partial charge < -0.3 is 4.74 Å². The third kappa shape index (κ3) is 9.26. The van der Waals surface area contributed by atoms with Gasteiger partial charge in [-0.1, -0.05) is 24.6 Å². The number of ether oxygens (including phenoxy) is 1. The Kier molecular flexibility index (Phi) is 7.69. The average Bonchev–Trinajstić information content (AvgIpc) is 2.17. The summed E-state index contributed by atoms with van der Waals surface area (Å²) in [6, 6.07) is 0. The Morgan fingerprint density at radius 1 is 1.40 bits per heavy atom. The molecule has 15 heavy (non-hydrogen) atoms. The molecule has 0 saturated carbocycles. The molecule has 1 atom stereocenters. The third-order valence-electron chi connectivity index (χ3n) is 2.21. The first kappa shape index (κ1) is 13.9. The van der Waals surface area contributed by atoms with Gasteiger partial charge in [0.1, 0.15) is 0 Å². The fourth-order valence-electron chi connectivity index (χ4n) is 1.24. The van der Waals surface area contributed by atoms with Crippen molar-refractivity contribution in [3.63, 3.8) is 0 Å². The van der Waals surface area contributed by atoms with Crippen molar-refractivity contribution < 1.29 is 9.53 Å². The Morgan fingerprint density at radius 3 is 2.60 bits per heavy atom. The van der Waals surface area contributed by atoms with E-state index in [1.165, 1.54) is 18.8 Å². The van der Waals surface area contributed by atoms with Gasteiger partial charge in [-0.3, -0.25) is 0 Å². The summed E-state index contributed by atoms with van der Waals surface area (Å²) in [6.45, 7) is 6.42. The van der Waals surface area contributed by atoms with Crippen molar-refractivity contribution in [3.8, 4) is 0 Å². The molecule has 0 aromatic rings. The van der Waals surface area contributed by atoms with E-state index in [2.05, 4.69) is 31.6 Å². The van der Waals surface area contributed by atoms with Crippen molar-refractivity contribution in [2.75, 3.05) is 7.11 Å². The van der Waals surface area contributed by atoms with Crippen molar-refractivity contribution in [2.45, 2.75) is 40.0 Å². The van der Waals surface area contributed by atoms with Crippen LogP contribution in [0.5, 0.6) is 0 Å². The molecule has 2 nitrogen and oxygen atoms in total. The topological polar surface area (TPSA) is 26.3 Å². The number of carbonyl (C=O) groups excluding carboxylic acids is 1. The van der Waals surface area contributed by atoms with Crippen molar-refractivity contribution in [3.05, 3.63) is 23.8 Å². The quantitative estimate of drug-likeness (QED) is 0.381. The normalized spacial score (nSPS) is 12.5. The Bertz CT molecular complexity index is 235. The van der Waals surface area contributed by atoms with Gasteiger partial charge >= 0.3 is 5.97 Å². The SMILES string of the molecule is COC(=O)C=CC[C@@H](C)CCC=C(C)C. The maximum atomic E-state index is 10.8. The van der Waals surface area contributed by atoms with E-state index in [1.807, 2.05) is 6.08 Å². The molecule has 0 rings (SSSR count). The zero-order valence-corrected chi connectivity index (χ0v) is 10.2. The third-order valence-corrected chi connectivity index (χ3v) is 2.21. The van der Waals surface area contributed by atoms with Gasteiger partial charge in [0, 0.05) is 6.08 Å². The Morgan fingerprint density at radius 2 is 2.07 bits per heavy atom. The van der Waals surface area contributed by atoms with E-state index in [-0.39, 0.29) is 5.97 Å². The standard InChI is InChI=1S/C13H22O2/c1-11(2)7-5-8-12(3)9-6-10-13(14)15-4/h6-7,10,12H,5,8-9H2,1-4H3/t12-/m0/s1. The summed E-state index contributed by atoms with van der Waals surface area (Å²) in [5.74, 6) is 0.341. The first-order chi connectivity index (χ1) is 7.06. The van der Waals surface area contributed by atoms with E-state index in [0.29, 0.717) is 5.92 Å². The Hall–Kier alpha value is -1.05. The average molecular weight is 210 g/mol. The van der Waals surface area contributed by atoms with Gasteiger partial charge in [-0.2, -0.15) is 0 Å². The van der Waals surface area contributed by atoms with Gasteiger partial charge in [-0.15, -0.1) is 0 Å². The highest BCUT2D eigenvalue weighted by molar-refractivity contribution is 5.81. The summed E-state index contributed by atoms with van der Waals surface area (Å²) in [4.78, 5) is 10.8. The number of esters is 1. The molecule has 0 aromatic heterocycles. The van der Waals surface area contributed by atoms with Crippen LogP contribution in [0.2, 0.25) is 0 Å². The van der Waals surface area contributed by atoms with E-state index in [1.54, 1.807) is 0 Å². The number of hydrogen-bond donors (Lipinski definition) is 0. The highest BCUT2D eigenvalue weighted by Gasteiger charge is 1.98. The molecular formula is C13H22O2. The molecule has 2 heteroatoms. The van der Waals surface area contributed by atoms with E-state index < -0.39 is 0 Å². The predicted molar refractivity (Wildman–Crippen MR) is 63.6 cm³/mol. The lowest BCUT2D eigenvalue weighted by Gasteiger charge is -2.05. The van der Waals surface area contributed by atoms with Crippen molar-refractivity contribution >= 4 is 5.97 Å². The molecule has 0 radical (unpaired) electrons. The van der Waals surface area contributed by atoms with Crippen LogP contribution in [-0.4, -0.2) is 13.1 Å². The predicted octanol–water partition coefficient (Wildman–Crippen LogP) is 3.49. The van der Waals surface area contributed by atoms with Gasteiger partial charge in [-0.25, -0.2) is 4.79 Å². The van der Waals surface area contributed by atoms with Gasteiger partial charge in [0.2, 0.25) is 0 Å². The molecule has 0 fully saturated rings. The number of allylic oxidation sites excluding steroid dienone is 3. The van der Waals surface area contributed by atoms with Gasteiger partial charge in [-0.05, 0) is 39.0 Å². The molecule has 0 aromatic carbocycles. The summed E-state index contributed by atoms with van der Waals surface area (Å²) < 4.78 is 4.51. The van der Waals surface area contributed by atoms with Crippen molar-refractivity contribution in [2.24, 2.45) is 5.92 Å². The Balaban J connectivity index is 3.66. The number of hydrogen-bond acceptors (Lipinski definition) is 2. The lowest BCUT2D eigenvalue weighted by atomic mass is 10.0. The number of methoxy groups -OCH3 is 1. The summed E-state index contributed by atoms with van der Waals surface area (Å²) in [7, 11) is 1.39. The van der Waals surface area contributed by atoms with Crippen LogP contribution in [0.1, 0.15) is 40.0 Å². The van der Waals surface area contributed by atoms with Crippen molar-refractivity contribution in [1.82, 2.24) is 0 Å². The van der Waals surface area contributed by atoms with Gasteiger partial charge in [0.15, 0.2) is 0 Å². The molecule has 0 spiro atoms. The molecular weight excluding hydrogens is 188 g/mol. The zero-order chi connectivity index (χ0) is 11.7. The van der Waals surface area contributed by atoms with E-state index in [0.717, 1.165) is 19.3 Å². The second-order valence-electron chi connectivity index (χ2n) is 4.13. The number of rotatable bonds is 6. The lowest BCUT2D eigenvalue weighted by Crippen LogP contribution is -1.96. The summed E-state index contributed by atoms with van der Waals surface area (Å²) in [5, 5.41) is 0. The van der Waals surface area contributed by atoms with E-state index in [4.69, 9.17) is 0 Å². The molecule has 0 heterocycles. The molecule has 0 bridgehead atoms. The minimum atomic E-state index is -0.272.